The zero-order valence-electron chi connectivity index (χ0n) is 54.3. The third-order valence-corrected chi connectivity index (χ3v) is 15.7. The molecule has 0 bridgehead atoms. The van der Waals surface area contributed by atoms with Crippen LogP contribution in [0.25, 0.3) is 0 Å². The van der Waals surface area contributed by atoms with Gasteiger partial charge in [0.1, 0.15) is 54.4 Å². The summed E-state index contributed by atoms with van der Waals surface area (Å²) in [4.78, 5) is 155. The zero-order chi connectivity index (χ0) is 69.7. The molecule has 31 nitrogen and oxygen atoms in total. The summed E-state index contributed by atoms with van der Waals surface area (Å²) in [6.45, 7) is 6.38. The molecule has 9 amide bonds. The summed E-state index contributed by atoms with van der Waals surface area (Å²) in [5.74, 6) is -9.37. The number of carbonyl (C=O) groups excluding carboxylic acids is 9. The van der Waals surface area contributed by atoms with Crippen LogP contribution in [0, 0.1) is 11.8 Å². The molecule has 24 N–H and O–H groups in total. The highest BCUT2D eigenvalue weighted by Gasteiger charge is 2.37. The maximum Gasteiger partial charge on any atom is 0.326 e. The van der Waals surface area contributed by atoms with Crippen LogP contribution in [-0.4, -0.2) is 190 Å². The molecule has 1 heterocycles. The van der Waals surface area contributed by atoms with Crippen LogP contribution in [0.4, 0.5) is 0 Å². The van der Waals surface area contributed by atoms with E-state index in [-0.39, 0.29) is 95.3 Å². The smallest absolute Gasteiger partial charge is 0.326 e. The maximum absolute atomic E-state index is 14.7. The minimum Gasteiger partial charge on any atom is -0.480 e. The quantitative estimate of drug-likeness (QED) is 0.0155. The van der Waals surface area contributed by atoms with Gasteiger partial charge in [-0.15, -0.1) is 0 Å². The number of aromatic nitrogens is 2. The molecule has 2 aromatic carbocycles. The Labute approximate surface area is 552 Å². The van der Waals surface area contributed by atoms with E-state index in [0.29, 0.717) is 48.3 Å². The molecule has 0 saturated heterocycles. The third-order valence-electron chi connectivity index (χ3n) is 15.1. The lowest BCUT2D eigenvalue weighted by molar-refractivity contribution is -0.142. The van der Waals surface area contributed by atoms with Gasteiger partial charge in [0, 0.05) is 44.2 Å². The highest BCUT2D eigenvalue weighted by molar-refractivity contribution is 7.98. The molecule has 0 saturated carbocycles. The van der Waals surface area contributed by atoms with E-state index in [1.165, 1.54) is 24.3 Å². The highest BCUT2D eigenvalue weighted by atomic mass is 32.2. The van der Waals surface area contributed by atoms with Crippen LogP contribution < -0.4 is 82.3 Å². The van der Waals surface area contributed by atoms with Crippen molar-refractivity contribution in [3.8, 4) is 0 Å². The van der Waals surface area contributed by atoms with E-state index in [4.69, 9.17) is 34.4 Å². The second kappa shape index (κ2) is 43.1. The molecule has 3 rings (SSSR count). The van der Waals surface area contributed by atoms with Crippen LogP contribution in [0.15, 0.2) is 83.2 Å². The predicted molar refractivity (Wildman–Crippen MR) is 357 cm³/mol. The van der Waals surface area contributed by atoms with Crippen LogP contribution >= 0.6 is 11.8 Å². The van der Waals surface area contributed by atoms with Crippen molar-refractivity contribution in [3.05, 3.63) is 90.0 Å². The molecule has 11 atom stereocenters. The Hall–Kier alpha value is -8.88. The van der Waals surface area contributed by atoms with Gasteiger partial charge in [0.05, 0.1) is 19.0 Å². The Morgan fingerprint density at radius 3 is 1.43 bits per heavy atom. The second-order valence-electron chi connectivity index (χ2n) is 23.2. The van der Waals surface area contributed by atoms with Crippen LogP contribution in [0.2, 0.25) is 0 Å². The zero-order valence-corrected chi connectivity index (χ0v) is 55.1. The predicted octanol–water partition coefficient (Wildman–Crippen LogP) is -2.71. The summed E-state index contributed by atoms with van der Waals surface area (Å²) in [6, 6.07) is 3.81. The number of amides is 9. The summed E-state index contributed by atoms with van der Waals surface area (Å²) in [6.07, 6.45) is 5.72. The second-order valence-corrected chi connectivity index (χ2v) is 24.2. The van der Waals surface area contributed by atoms with Crippen molar-refractivity contribution < 1.29 is 58.2 Å². The van der Waals surface area contributed by atoms with Gasteiger partial charge in [-0.2, -0.15) is 11.8 Å². The molecule has 0 spiro atoms. The third kappa shape index (κ3) is 29.8. The molecule has 0 radical (unpaired) electrons. The number of aliphatic hydroxyl groups is 1. The van der Waals surface area contributed by atoms with E-state index in [1.807, 2.05) is 20.1 Å². The van der Waals surface area contributed by atoms with Crippen LogP contribution in [-0.2, 0) is 67.2 Å². The van der Waals surface area contributed by atoms with Gasteiger partial charge >= 0.3 is 5.97 Å². The van der Waals surface area contributed by atoms with E-state index in [9.17, 15) is 58.2 Å². The molecule has 0 aliphatic carbocycles. The average Bonchev–Trinajstić information content (AvgIpc) is 1.29. The lowest BCUT2D eigenvalue weighted by Crippen LogP contribution is -2.61. The van der Waals surface area contributed by atoms with Crippen molar-refractivity contribution in [2.75, 3.05) is 38.2 Å². The Balaban J connectivity index is 1.95. The fraction of sp³-hybridized carbons (Fsp3) is 0.565. The topological polar surface area (TPSA) is 529 Å². The van der Waals surface area contributed by atoms with Gasteiger partial charge in [-0.3, -0.25) is 53.1 Å². The summed E-state index contributed by atoms with van der Waals surface area (Å²) in [7, 11) is 0. The summed E-state index contributed by atoms with van der Waals surface area (Å²) in [5.41, 5.74) is 35.9. The number of hydrogen-bond acceptors (Lipinski definition) is 17. The van der Waals surface area contributed by atoms with Crippen molar-refractivity contribution in [1.29, 1.82) is 0 Å². The number of unbranched alkanes of at least 4 members (excludes halogenated alkanes) is 1. The number of nitrogens with one attached hydrogen (secondary N) is 10. The number of rotatable bonds is 45. The SMILES string of the molecule is CC[C@H](C)[C@H](NC(=O)[C@H](Cc1ccccc1)NC(=O)[C@H](CC(C)C)NC(=O)[C@@H](N)CCSC)C(=O)N[C@@H](CCCCN)C(=O)N[C@@H](CCCN=C(N)N)C(=O)N[C@@H](CO)C(=O)N[C@@H](CCCN=C(N)N)C(=O)N[C@@H](Cc1cnc[nH]1)C(=O)N[C@@H](Cc1ccccc1)C(=O)O. The molecule has 3 aromatic rings. The minimum atomic E-state index is -1.79. The number of H-pyrrole nitrogens is 1. The van der Waals surface area contributed by atoms with E-state index < -0.39 is 132 Å². The standard InChI is InChI=1S/C62H99N19O12S/c1-6-37(4)50(81-57(89)46(30-38-17-9-7-10-18-38)77-55(87)45(29-36(2)3)76-51(83)41(64)24-28-94-5)59(91)75-42(21-13-14-25-63)52(84)73-44(23-16-27-71-62(67)68)54(86)80-49(34-82)58(90)74-43(22-15-26-70-61(65)66)53(85)78-47(32-40-33-69-35-72-40)56(88)79-48(60(92)93)31-39-19-11-8-12-20-39/h7-12,17-20,33,35-37,41-50,82H,6,13-16,21-32,34,63-64H2,1-5H3,(H,69,72)(H,73,84)(H,74,90)(H,75,91)(H,76,83)(H,77,87)(H,78,85)(H,79,88)(H,80,86)(H,81,89)(H,92,93)(H4,65,66,70)(H4,67,68,71)/t37-,41-,42-,43-,44-,45-,46-,47-,48-,49-,50-/m0/s1. The molecule has 1 aromatic heterocycles. The molecular weight excluding hydrogens is 1230 g/mol. The number of thioether (sulfide) groups is 1. The molecule has 94 heavy (non-hydrogen) atoms. The van der Waals surface area contributed by atoms with Gasteiger partial charge in [-0.25, -0.2) is 9.78 Å². The van der Waals surface area contributed by atoms with E-state index >= 15 is 0 Å². The molecule has 0 aliphatic rings. The van der Waals surface area contributed by atoms with Gasteiger partial charge in [0.25, 0.3) is 0 Å². The number of imidazole rings is 1. The van der Waals surface area contributed by atoms with E-state index in [1.54, 1.807) is 74.5 Å². The molecule has 0 aliphatic heterocycles. The fourth-order valence-corrected chi connectivity index (χ4v) is 10.1. The lowest BCUT2D eigenvalue weighted by Gasteiger charge is -2.30. The highest BCUT2D eigenvalue weighted by Crippen LogP contribution is 2.15. The molecule has 0 fully saturated rings. The first-order chi connectivity index (χ1) is 44.8. The van der Waals surface area contributed by atoms with Gasteiger partial charge in [-0.1, -0.05) is 94.8 Å². The van der Waals surface area contributed by atoms with E-state index in [2.05, 4.69) is 67.8 Å². The van der Waals surface area contributed by atoms with E-state index in [0.717, 1.165) is 0 Å². The summed E-state index contributed by atoms with van der Waals surface area (Å²) >= 11 is 1.52. The average molecular weight is 1330 g/mol. The fourth-order valence-electron chi connectivity index (χ4n) is 9.64. The Bertz CT molecular complexity index is 2920. The van der Waals surface area contributed by atoms with Crippen molar-refractivity contribution in [1.82, 2.24) is 57.8 Å². The Kier molecular flexibility index (Phi) is 36.4. The minimum absolute atomic E-state index is 0.0125. The molecule has 0 unspecified atom stereocenters. The van der Waals surface area contributed by atoms with Gasteiger partial charge < -0.3 is 97.5 Å². The number of aliphatic carboxylic acids is 1. The monoisotopic (exact) mass is 1330 g/mol. The lowest BCUT2D eigenvalue weighted by atomic mass is 9.96. The van der Waals surface area contributed by atoms with Crippen molar-refractivity contribution in [2.24, 2.45) is 56.2 Å². The van der Waals surface area contributed by atoms with Gasteiger partial charge in [-0.05, 0) is 99.3 Å². The number of aliphatic hydroxyl groups excluding tert-OH is 1. The number of nitrogens with zero attached hydrogens (tertiary/aromatic N) is 3. The molecule has 32 heteroatoms. The number of guanidine groups is 2. The normalized spacial score (nSPS) is 14.6. The molecular formula is C62H99N19O12S. The largest absolute Gasteiger partial charge is 0.480 e. The number of aromatic amines is 1. The number of benzene rings is 2. The van der Waals surface area contributed by atoms with Crippen LogP contribution in [0.3, 0.4) is 0 Å². The van der Waals surface area contributed by atoms with Crippen molar-refractivity contribution in [2.45, 2.75) is 172 Å². The maximum atomic E-state index is 14.7. The number of carboxylic acid groups (broad SMARTS) is 1. The number of carbonyl (C=O) groups is 10. The summed E-state index contributed by atoms with van der Waals surface area (Å²) in [5, 5.41) is 44.6. The number of hydrogen-bond donors (Lipinski definition) is 18. The number of nitrogens with two attached hydrogens (primary N) is 6. The first-order valence-corrected chi connectivity index (χ1v) is 32.9. The summed E-state index contributed by atoms with van der Waals surface area (Å²) < 4.78 is 0. The molecule has 520 valence electrons. The van der Waals surface area contributed by atoms with Crippen molar-refractivity contribution >= 4 is 82.8 Å². The van der Waals surface area contributed by atoms with Crippen LogP contribution in [0.5, 0.6) is 0 Å². The number of aliphatic imine (C=N–C) groups is 2. The van der Waals surface area contributed by atoms with Crippen molar-refractivity contribution in [3.63, 3.8) is 0 Å². The first-order valence-electron chi connectivity index (χ1n) is 31.5. The Morgan fingerprint density at radius 2 is 0.968 bits per heavy atom. The van der Waals surface area contributed by atoms with Gasteiger partial charge in [0.2, 0.25) is 53.2 Å². The first kappa shape index (κ1) is 79.4. The van der Waals surface area contributed by atoms with Crippen LogP contribution in [0.1, 0.15) is 109 Å². The van der Waals surface area contributed by atoms with Gasteiger partial charge in [0.15, 0.2) is 11.9 Å². The number of carboxylic acids is 1. The Morgan fingerprint density at radius 1 is 0.543 bits per heavy atom.